The first-order valence-electron chi connectivity index (χ1n) is 8.48. The fraction of sp³-hybridized carbons (Fsp3) is 0.263. The van der Waals surface area contributed by atoms with Gasteiger partial charge in [-0.25, -0.2) is 0 Å². The molecule has 0 radical (unpaired) electrons. The lowest BCUT2D eigenvalue weighted by atomic mass is 10.2. The number of amides is 2. The zero-order chi connectivity index (χ0) is 20.6. The Kier molecular flexibility index (Phi) is 7.39. The van der Waals surface area contributed by atoms with Crippen LogP contribution in [-0.2, 0) is 11.0 Å². The molecule has 2 rings (SSSR count). The number of nitrogens with two attached hydrogens (primary N) is 1. The number of hydrogen-bond acceptors (Lipinski definition) is 4. The Morgan fingerprint density at radius 1 is 1.07 bits per heavy atom. The predicted molar refractivity (Wildman–Crippen MR) is 98.0 cm³/mol. The van der Waals surface area contributed by atoms with Crippen LogP contribution < -0.4 is 21.1 Å². The second-order valence-corrected chi connectivity index (χ2v) is 5.84. The average Bonchev–Trinajstić information content (AvgIpc) is 2.66. The summed E-state index contributed by atoms with van der Waals surface area (Å²) in [5.74, 6) is -0.511. The molecule has 0 fully saturated rings. The summed E-state index contributed by atoms with van der Waals surface area (Å²) in [6.07, 6.45) is -3.82. The van der Waals surface area contributed by atoms with Gasteiger partial charge in [-0.3, -0.25) is 9.59 Å². The van der Waals surface area contributed by atoms with Crippen molar-refractivity contribution in [1.29, 1.82) is 0 Å². The van der Waals surface area contributed by atoms with Crippen LogP contribution in [0.1, 0.15) is 22.3 Å². The van der Waals surface area contributed by atoms with Crippen molar-refractivity contribution >= 4 is 17.5 Å². The van der Waals surface area contributed by atoms with Gasteiger partial charge in [0.1, 0.15) is 5.75 Å². The van der Waals surface area contributed by atoms with Gasteiger partial charge in [-0.1, -0.05) is 6.07 Å². The third kappa shape index (κ3) is 6.58. The number of carbonyl (C=O) groups is 2. The van der Waals surface area contributed by atoms with Crippen molar-refractivity contribution in [1.82, 2.24) is 5.32 Å². The molecule has 0 saturated carbocycles. The number of alkyl halides is 3. The van der Waals surface area contributed by atoms with Gasteiger partial charge in [0.15, 0.2) is 6.61 Å². The maximum absolute atomic E-state index is 12.7. The number of hydrogen-bond donors (Lipinski definition) is 3. The zero-order valence-electron chi connectivity index (χ0n) is 14.9. The molecular weight excluding hydrogens is 375 g/mol. The topological polar surface area (TPSA) is 93.4 Å². The van der Waals surface area contributed by atoms with Crippen LogP contribution in [0.2, 0.25) is 0 Å². The lowest BCUT2D eigenvalue weighted by Crippen LogP contribution is -2.25. The highest BCUT2D eigenvalue weighted by Crippen LogP contribution is 2.30. The molecule has 2 amide bonds. The van der Waals surface area contributed by atoms with E-state index in [2.05, 4.69) is 10.6 Å². The summed E-state index contributed by atoms with van der Waals surface area (Å²) in [5.41, 5.74) is 4.95. The van der Waals surface area contributed by atoms with E-state index in [0.717, 1.165) is 12.1 Å². The Morgan fingerprint density at radius 3 is 2.43 bits per heavy atom. The Labute approximate surface area is 159 Å². The van der Waals surface area contributed by atoms with E-state index >= 15 is 0 Å². The van der Waals surface area contributed by atoms with Crippen LogP contribution in [0.15, 0.2) is 48.5 Å². The van der Waals surface area contributed by atoms with Crippen LogP contribution in [0.4, 0.5) is 18.9 Å². The van der Waals surface area contributed by atoms with E-state index in [9.17, 15) is 22.8 Å². The van der Waals surface area contributed by atoms with Gasteiger partial charge in [0.05, 0.1) is 5.56 Å². The minimum Gasteiger partial charge on any atom is -0.484 e. The Morgan fingerprint density at radius 2 is 1.79 bits per heavy atom. The van der Waals surface area contributed by atoms with Gasteiger partial charge >= 0.3 is 6.18 Å². The van der Waals surface area contributed by atoms with Crippen molar-refractivity contribution in [3.8, 4) is 5.75 Å². The summed E-state index contributed by atoms with van der Waals surface area (Å²) < 4.78 is 43.3. The number of rotatable bonds is 8. The van der Waals surface area contributed by atoms with E-state index in [1.165, 1.54) is 36.4 Å². The number of halogens is 3. The van der Waals surface area contributed by atoms with Gasteiger partial charge in [0.25, 0.3) is 11.8 Å². The number of benzene rings is 2. The van der Waals surface area contributed by atoms with Crippen molar-refractivity contribution in [2.24, 2.45) is 5.73 Å². The summed E-state index contributed by atoms with van der Waals surface area (Å²) in [6.45, 7) is 0.567. The minimum atomic E-state index is -4.49. The molecule has 150 valence electrons. The van der Waals surface area contributed by atoms with Gasteiger partial charge in [0.2, 0.25) is 0 Å². The maximum Gasteiger partial charge on any atom is 0.416 e. The summed E-state index contributed by atoms with van der Waals surface area (Å²) in [6, 6.07) is 10.4. The first-order chi connectivity index (χ1) is 13.3. The van der Waals surface area contributed by atoms with Crippen molar-refractivity contribution < 1.29 is 27.5 Å². The molecular formula is C19H20F3N3O3. The van der Waals surface area contributed by atoms with Gasteiger partial charge in [0, 0.05) is 17.8 Å². The van der Waals surface area contributed by atoms with E-state index in [4.69, 9.17) is 10.5 Å². The van der Waals surface area contributed by atoms with Crippen molar-refractivity contribution in [3.05, 3.63) is 59.7 Å². The summed E-state index contributed by atoms with van der Waals surface area (Å²) >= 11 is 0. The molecule has 2 aromatic rings. The quantitative estimate of drug-likeness (QED) is 0.599. The number of carbonyl (C=O) groups excluding carboxylic acids is 2. The smallest absolute Gasteiger partial charge is 0.416 e. The molecule has 0 aliphatic heterocycles. The molecule has 0 aliphatic carbocycles. The van der Waals surface area contributed by atoms with Gasteiger partial charge in [-0.2, -0.15) is 13.2 Å². The van der Waals surface area contributed by atoms with Crippen molar-refractivity contribution in [2.45, 2.75) is 12.6 Å². The van der Waals surface area contributed by atoms with Crippen LogP contribution in [0.5, 0.6) is 5.75 Å². The largest absolute Gasteiger partial charge is 0.484 e. The molecule has 0 aromatic heterocycles. The van der Waals surface area contributed by atoms with E-state index in [1.807, 2.05) is 0 Å². The Hall–Kier alpha value is -3.07. The lowest BCUT2D eigenvalue weighted by Gasteiger charge is -2.11. The first kappa shape index (κ1) is 21.2. The third-order valence-corrected chi connectivity index (χ3v) is 3.63. The lowest BCUT2D eigenvalue weighted by molar-refractivity contribution is -0.137. The zero-order valence-corrected chi connectivity index (χ0v) is 14.9. The van der Waals surface area contributed by atoms with Crippen LogP contribution in [0.25, 0.3) is 0 Å². The average molecular weight is 395 g/mol. The van der Waals surface area contributed by atoms with E-state index in [1.54, 1.807) is 0 Å². The molecule has 6 nitrogen and oxygen atoms in total. The van der Waals surface area contributed by atoms with E-state index < -0.39 is 24.3 Å². The van der Waals surface area contributed by atoms with E-state index in [-0.39, 0.29) is 11.6 Å². The fourth-order valence-corrected chi connectivity index (χ4v) is 2.23. The molecule has 0 spiro atoms. The van der Waals surface area contributed by atoms with Crippen molar-refractivity contribution in [2.75, 3.05) is 25.0 Å². The molecule has 0 aliphatic rings. The van der Waals surface area contributed by atoms with Crippen LogP contribution in [0.3, 0.4) is 0 Å². The Balaban J connectivity index is 1.85. The molecule has 28 heavy (non-hydrogen) atoms. The SMILES string of the molecule is NCCCNC(=O)c1ccc(OCC(=O)Nc2cccc(C(F)(F)F)c2)cc1. The first-order valence-corrected chi connectivity index (χ1v) is 8.48. The van der Waals surface area contributed by atoms with Gasteiger partial charge < -0.3 is 21.1 Å². The molecule has 0 atom stereocenters. The highest BCUT2D eigenvalue weighted by Gasteiger charge is 2.30. The monoisotopic (exact) mass is 395 g/mol. The molecule has 0 heterocycles. The van der Waals surface area contributed by atoms with Crippen LogP contribution in [-0.4, -0.2) is 31.5 Å². The normalized spacial score (nSPS) is 11.0. The minimum absolute atomic E-state index is 0.0212. The van der Waals surface area contributed by atoms with Gasteiger partial charge in [-0.15, -0.1) is 0 Å². The molecule has 0 unspecified atom stereocenters. The standard InChI is InChI=1S/C19H20F3N3O3/c20-19(21,22)14-3-1-4-15(11-14)25-17(26)12-28-16-7-5-13(6-8-16)18(27)24-10-2-9-23/h1,3-8,11H,2,9-10,12,23H2,(H,24,27)(H,25,26). The molecule has 9 heteroatoms. The Bertz CT molecular complexity index is 808. The molecule has 0 bridgehead atoms. The highest BCUT2D eigenvalue weighted by molar-refractivity contribution is 5.94. The van der Waals surface area contributed by atoms with Gasteiger partial charge in [-0.05, 0) is 55.4 Å². The van der Waals surface area contributed by atoms with E-state index in [0.29, 0.717) is 30.8 Å². The number of ether oxygens (including phenoxy) is 1. The molecule has 2 aromatic carbocycles. The number of nitrogens with one attached hydrogen (secondary N) is 2. The summed E-state index contributed by atoms with van der Waals surface area (Å²) in [5, 5.41) is 5.05. The fourth-order valence-electron chi connectivity index (χ4n) is 2.23. The summed E-state index contributed by atoms with van der Waals surface area (Å²) in [4.78, 5) is 23.7. The molecule has 0 saturated heterocycles. The second-order valence-electron chi connectivity index (χ2n) is 5.84. The van der Waals surface area contributed by atoms with Crippen LogP contribution >= 0.6 is 0 Å². The summed E-state index contributed by atoms with van der Waals surface area (Å²) in [7, 11) is 0. The third-order valence-electron chi connectivity index (χ3n) is 3.63. The second kappa shape index (κ2) is 9.75. The van der Waals surface area contributed by atoms with Crippen molar-refractivity contribution in [3.63, 3.8) is 0 Å². The van der Waals surface area contributed by atoms with Crippen LogP contribution in [0, 0.1) is 0 Å². The predicted octanol–water partition coefficient (Wildman–Crippen LogP) is 2.80. The molecule has 4 N–H and O–H groups in total. The maximum atomic E-state index is 12.7. The number of anilines is 1. The highest BCUT2D eigenvalue weighted by atomic mass is 19.4.